The molecule has 2 fully saturated rings. The molecule has 2 aromatic rings. The monoisotopic (exact) mass is 301 g/mol. The Hall–Kier alpha value is -1.88. The van der Waals surface area contributed by atoms with Crippen molar-refractivity contribution >= 4 is 16.6 Å². The Bertz CT molecular complexity index is 789. The zero-order valence-electron chi connectivity index (χ0n) is 12.7. The third-order valence-corrected chi connectivity index (χ3v) is 4.69. The summed E-state index contributed by atoms with van der Waals surface area (Å²) >= 11 is 0. The topological polar surface area (TPSA) is 37.3 Å². The van der Waals surface area contributed by atoms with E-state index in [1.165, 1.54) is 0 Å². The molecule has 0 unspecified atom stereocenters. The lowest BCUT2D eigenvalue weighted by atomic mass is 10.1. The van der Waals surface area contributed by atoms with Crippen LogP contribution in [0.5, 0.6) is 0 Å². The molecule has 2 aliphatic rings. The van der Waals surface area contributed by atoms with Crippen LogP contribution in [-0.2, 0) is 0 Å². The molecule has 0 atom stereocenters. The van der Waals surface area contributed by atoms with E-state index >= 15 is 4.39 Å². The van der Waals surface area contributed by atoms with Crippen LogP contribution in [-0.4, -0.2) is 30.7 Å². The number of nitrogens with one attached hydrogen (secondary N) is 1. The molecule has 4 nitrogen and oxygen atoms in total. The van der Waals surface area contributed by atoms with Gasteiger partial charge in [0.15, 0.2) is 11.2 Å². The highest BCUT2D eigenvalue weighted by Crippen LogP contribution is 2.38. The normalized spacial score (nSPS) is 18.9. The summed E-state index contributed by atoms with van der Waals surface area (Å²) in [7, 11) is 0. The van der Waals surface area contributed by atoms with Gasteiger partial charge in [0.2, 0.25) is 0 Å². The van der Waals surface area contributed by atoms with Crippen molar-refractivity contribution in [3.05, 3.63) is 39.9 Å². The van der Waals surface area contributed by atoms with Crippen LogP contribution in [0, 0.1) is 12.7 Å². The Kier molecular flexibility index (Phi) is 3.18. The number of halogens is 1. The number of hydrogen-bond acceptors (Lipinski definition) is 3. The molecule has 22 heavy (non-hydrogen) atoms. The van der Waals surface area contributed by atoms with E-state index in [9.17, 15) is 4.79 Å². The van der Waals surface area contributed by atoms with Gasteiger partial charge in [-0.1, -0.05) is 0 Å². The van der Waals surface area contributed by atoms with Crippen molar-refractivity contribution in [2.45, 2.75) is 25.8 Å². The molecule has 2 heterocycles. The van der Waals surface area contributed by atoms with Crippen molar-refractivity contribution in [2.24, 2.45) is 0 Å². The summed E-state index contributed by atoms with van der Waals surface area (Å²) in [6.07, 6.45) is 3.95. The lowest BCUT2D eigenvalue weighted by Gasteiger charge is -2.30. The van der Waals surface area contributed by atoms with E-state index in [1.807, 2.05) is 17.7 Å². The summed E-state index contributed by atoms with van der Waals surface area (Å²) in [4.78, 5) is 14.4. The highest BCUT2D eigenvalue weighted by Gasteiger charge is 2.27. The first kappa shape index (κ1) is 13.8. The minimum absolute atomic E-state index is 0.0577. The molecule has 0 bridgehead atoms. The van der Waals surface area contributed by atoms with Gasteiger partial charge in [-0.15, -0.1) is 0 Å². The molecule has 1 N–H and O–H groups in total. The lowest BCUT2D eigenvalue weighted by Crippen LogP contribution is -2.44. The largest absolute Gasteiger partial charge is 0.367 e. The van der Waals surface area contributed by atoms with Gasteiger partial charge in [-0.2, -0.15) is 0 Å². The molecule has 1 aliphatic heterocycles. The number of benzene rings is 1. The molecule has 0 spiro atoms. The van der Waals surface area contributed by atoms with E-state index in [-0.39, 0.29) is 11.2 Å². The number of anilines is 1. The van der Waals surface area contributed by atoms with Crippen molar-refractivity contribution in [3.63, 3.8) is 0 Å². The zero-order valence-corrected chi connectivity index (χ0v) is 12.7. The first-order chi connectivity index (χ1) is 10.7. The van der Waals surface area contributed by atoms with E-state index in [4.69, 9.17) is 0 Å². The quantitative estimate of drug-likeness (QED) is 0.924. The predicted octanol–water partition coefficient (Wildman–Crippen LogP) is 2.19. The molecule has 1 saturated carbocycles. The smallest absolute Gasteiger partial charge is 0.192 e. The van der Waals surface area contributed by atoms with E-state index in [2.05, 4.69) is 10.2 Å². The van der Waals surface area contributed by atoms with Crippen molar-refractivity contribution in [3.8, 4) is 0 Å². The van der Waals surface area contributed by atoms with Crippen LogP contribution >= 0.6 is 0 Å². The van der Waals surface area contributed by atoms with Crippen molar-refractivity contribution < 1.29 is 4.39 Å². The third kappa shape index (κ3) is 2.11. The second kappa shape index (κ2) is 5.09. The summed E-state index contributed by atoms with van der Waals surface area (Å²) in [5.41, 5.74) is 1.73. The Morgan fingerprint density at radius 2 is 1.95 bits per heavy atom. The van der Waals surface area contributed by atoms with Crippen LogP contribution in [0.15, 0.2) is 23.1 Å². The molecule has 0 radical (unpaired) electrons. The molecule has 116 valence electrons. The summed E-state index contributed by atoms with van der Waals surface area (Å²) < 4.78 is 17.2. The molecule has 1 saturated heterocycles. The maximum Gasteiger partial charge on any atom is 0.192 e. The molecule has 1 aromatic heterocycles. The van der Waals surface area contributed by atoms with E-state index < -0.39 is 0 Å². The van der Waals surface area contributed by atoms with Gasteiger partial charge in [0.25, 0.3) is 0 Å². The highest BCUT2D eigenvalue weighted by atomic mass is 19.1. The number of aromatic nitrogens is 1. The molecule has 5 heteroatoms. The van der Waals surface area contributed by atoms with Crippen molar-refractivity contribution in [2.75, 3.05) is 31.1 Å². The van der Waals surface area contributed by atoms with Crippen molar-refractivity contribution in [1.82, 2.24) is 9.88 Å². The van der Waals surface area contributed by atoms with Gasteiger partial charge >= 0.3 is 0 Å². The standard InChI is InChI=1S/C17H20FN3O/c1-11-10-21(12-2-3-12)16-13(17(11)22)4-5-14(15(16)18)20-8-6-19-7-9-20/h4-5,10,12,19H,2-3,6-9H2,1H3. The Morgan fingerprint density at radius 1 is 1.23 bits per heavy atom. The number of piperazine rings is 1. The fourth-order valence-electron chi connectivity index (χ4n) is 3.32. The molecular formula is C17H20FN3O. The van der Waals surface area contributed by atoms with Gasteiger partial charge < -0.3 is 14.8 Å². The molecular weight excluding hydrogens is 281 g/mol. The molecule has 1 aromatic carbocycles. The van der Waals surface area contributed by atoms with Crippen LogP contribution in [0.3, 0.4) is 0 Å². The Labute approximate surface area is 128 Å². The maximum absolute atomic E-state index is 15.2. The predicted molar refractivity (Wildman–Crippen MR) is 86.3 cm³/mol. The fraction of sp³-hybridized carbons (Fsp3) is 0.471. The number of rotatable bonds is 2. The zero-order chi connectivity index (χ0) is 15.3. The minimum atomic E-state index is -0.247. The van der Waals surface area contributed by atoms with Gasteiger partial charge in [-0.25, -0.2) is 4.39 Å². The molecule has 4 rings (SSSR count). The third-order valence-electron chi connectivity index (χ3n) is 4.69. The molecule has 0 amide bonds. The molecule has 1 aliphatic carbocycles. The van der Waals surface area contributed by atoms with Gasteiger partial charge in [0.1, 0.15) is 0 Å². The number of fused-ring (bicyclic) bond motifs is 1. The van der Waals surface area contributed by atoms with E-state index in [1.54, 1.807) is 12.1 Å². The number of hydrogen-bond donors (Lipinski definition) is 1. The summed E-state index contributed by atoms with van der Waals surface area (Å²) in [6.45, 7) is 5.12. The second-order valence-electron chi connectivity index (χ2n) is 6.31. The summed E-state index contributed by atoms with van der Waals surface area (Å²) in [6, 6.07) is 3.90. The van der Waals surface area contributed by atoms with E-state index in [0.717, 1.165) is 39.0 Å². The first-order valence-corrected chi connectivity index (χ1v) is 7.96. The number of nitrogens with zero attached hydrogens (tertiary/aromatic N) is 2. The van der Waals surface area contributed by atoms with Crippen LogP contribution in [0.1, 0.15) is 24.4 Å². The average Bonchev–Trinajstić information content (AvgIpc) is 3.37. The van der Waals surface area contributed by atoms with Crippen LogP contribution in [0.25, 0.3) is 10.9 Å². The van der Waals surface area contributed by atoms with Gasteiger partial charge in [-0.05, 0) is 31.9 Å². The SMILES string of the molecule is Cc1cn(C2CC2)c2c(F)c(N3CCNCC3)ccc2c1=O. The Balaban J connectivity index is 1.95. The summed E-state index contributed by atoms with van der Waals surface area (Å²) in [5, 5.41) is 3.78. The van der Waals surface area contributed by atoms with Crippen molar-refractivity contribution in [1.29, 1.82) is 0 Å². The fourth-order valence-corrected chi connectivity index (χ4v) is 3.32. The number of pyridine rings is 1. The average molecular weight is 301 g/mol. The number of aryl methyl sites for hydroxylation is 1. The van der Waals surface area contributed by atoms with Crippen LogP contribution in [0.4, 0.5) is 10.1 Å². The second-order valence-corrected chi connectivity index (χ2v) is 6.31. The highest BCUT2D eigenvalue weighted by molar-refractivity contribution is 5.84. The minimum Gasteiger partial charge on any atom is -0.367 e. The maximum atomic E-state index is 15.2. The first-order valence-electron chi connectivity index (χ1n) is 7.96. The Morgan fingerprint density at radius 3 is 2.64 bits per heavy atom. The van der Waals surface area contributed by atoms with Crippen LogP contribution in [0.2, 0.25) is 0 Å². The lowest BCUT2D eigenvalue weighted by molar-refractivity contribution is 0.566. The van der Waals surface area contributed by atoms with Gasteiger partial charge in [0.05, 0.1) is 11.2 Å². The van der Waals surface area contributed by atoms with Gasteiger partial charge in [-0.3, -0.25) is 4.79 Å². The summed E-state index contributed by atoms with van der Waals surface area (Å²) in [5.74, 6) is -0.247. The van der Waals surface area contributed by atoms with E-state index in [0.29, 0.717) is 28.2 Å². The van der Waals surface area contributed by atoms with Crippen LogP contribution < -0.4 is 15.6 Å². The van der Waals surface area contributed by atoms with Gasteiger partial charge in [0, 0.05) is 49.4 Å².